The van der Waals surface area contributed by atoms with E-state index in [1.165, 1.54) is 12.1 Å². The summed E-state index contributed by atoms with van der Waals surface area (Å²) in [6.07, 6.45) is 0.775. The number of amides is 2. The molecule has 0 atom stereocenters. The Balaban J connectivity index is 2.81. The molecule has 0 aliphatic heterocycles. The Morgan fingerprint density at radius 3 is 2.38 bits per heavy atom. The van der Waals surface area contributed by atoms with Crippen LogP contribution in [-0.2, 0) is 0 Å². The zero-order valence-electron chi connectivity index (χ0n) is 13.1. The predicted molar refractivity (Wildman–Crippen MR) is 86.2 cm³/mol. The summed E-state index contributed by atoms with van der Waals surface area (Å²) in [6.45, 7) is 10.1. The first kappa shape index (κ1) is 17.6. The van der Waals surface area contributed by atoms with Crippen LogP contribution in [0.1, 0.15) is 41.0 Å². The van der Waals surface area contributed by atoms with Gasteiger partial charge in [0.2, 0.25) is 0 Å². The van der Waals surface area contributed by atoms with Gasteiger partial charge in [-0.2, -0.15) is 0 Å². The molecule has 0 aromatic heterocycles. The molecule has 0 fully saturated rings. The molecule has 0 heterocycles. The molecule has 0 saturated heterocycles. The maximum absolute atomic E-state index is 13.3. The Hall–Kier alpha value is -1.43. The average molecular weight is 314 g/mol. The van der Waals surface area contributed by atoms with Crippen molar-refractivity contribution in [3.8, 4) is 5.75 Å². The molecule has 0 radical (unpaired) electrons. The van der Waals surface area contributed by atoms with Crippen LogP contribution in [0.15, 0.2) is 18.2 Å². The minimum atomic E-state index is -0.798. The van der Waals surface area contributed by atoms with E-state index in [4.69, 9.17) is 5.11 Å². The number of aromatic hydroxyl groups is 1. The number of nitrogens with one attached hydrogen (secondary N) is 1. The van der Waals surface area contributed by atoms with Crippen molar-refractivity contribution in [1.82, 2.24) is 5.32 Å². The number of halogens is 1. The van der Waals surface area contributed by atoms with Gasteiger partial charge in [-0.1, -0.05) is 33.6 Å². The van der Waals surface area contributed by atoms with Crippen molar-refractivity contribution in [2.75, 3.05) is 4.31 Å². The molecule has 0 spiro atoms. The zero-order chi connectivity index (χ0) is 16.4. The van der Waals surface area contributed by atoms with Crippen molar-refractivity contribution >= 4 is 24.5 Å². The monoisotopic (exact) mass is 314 g/mol. The fourth-order valence-corrected chi connectivity index (χ4v) is 2.63. The molecule has 0 bridgehead atoms. The van der Waals surface area contributed by atoms with E-state index in [1.807, 2.05) is 13.8 Å². The third-order valence-electron chi connectivity index (χ3n) is 2.79. The van der Waals surface area contributed by atoms with Crippen LogP contribution in [0.2, 0.25) is 0 Å². The van der Waals surface area contributed by atoms with Crippen LogP contribution in [-0.4, -0.2) is 16.7 Å². The highest BCUT2D eigenvalue weighted by Crippen LogP contribution is 2.28. The number of rotatable bonds is 3. The van der Waals surface area contributed by atoms with E-state index in [2.05, 4.69) is 38.9 Å². The summed E-state index contributed by atoms with van der Waals surface area (Å²) in [5, 5.41) is 12.0. The van der Waals surface area contributed by atoms with Crippen molar-refractivity contribution in [2.45, 2.75) is 46.6 Å². The van der Waals surface area contributed by atoms with Crippen molar-refractivity contribution in [2.24, 2.45) is 5.41 Å². The Kier molecular flexibility index (Phi) is 5.15. The second-order valence-corrected chi connectivity index (χ2v) is 7.40. The summed E-state index contributed by atoms with van der Waals surface area (Å²) >= 11 is 4.09. The molecule has 1 rings (SSSR count). The Labute approximate surface area is 130 Å². The molecular weight excluding hydrogens is 291 g/mol. The quantitative estimate of drug-likeness (QED) is 0.736. The number of carbonyl (C=O) groups is 1. The van der Waals surface area contributed by atoms with Crippen LogP contribution >= 0.6 is 12.8 Å². The largest absolute Gasteiger partial charge is 0.505 e. The van der Waals surface area contributed by atoms with Gasteiger partial charge >= 0.3 is 6.03 Å². The summed E-state index contributed by atoms with van der Waals surface area (Å²) in [6, 6.07) is 3.21. The topological polar surface area (TPSA) is 52.6 Å². The van der Waals surface area contributed by atoms with Crippen LogP contribution in [0.25, 0.3) is 0 Å². The van der Waals surface area contributed by atoms with E-state index in [-0.39, 0.29) is 11.1 Å². The lowest BCUT2D eigenvalue weighted by atomic mass is 9.82. The highest BCUT2D eigenvalue weighted by molar-refractivity contribution is 7.82. The second kappa shape index (κ2) is 6.13. The molecular formula is C15H23FN2O2S. The molecule has 0 saturated carbocycles. The fourth-order valence-electron chi connectivity index (χ4n) is 2.46. The SMILES string of the molecule is CC(C)(C)CC(C)(C)NC(=O)N(S)c1ccc(O)c(F)c1. The van der Waals surface area contributed by atoms with Gasteiger partial charge in [0.15, 0.2) is 11.6 Å². The van der Waals surface area contributed by atoms with E-state index in [1.54, 1.807) is 0 Å². The molecule has 0 unspecified atom stereocenters. The van der Waals surface area contributed by atoms with E-state index in [0.29, 0.717) is 0 Å². The summed E-state index contributed by atoms with van der Waals surface area (Å²) in [7, 11) is 0. The smallest absolute Gasteiger partial charge is 0.332 e. The zero-order valence-corrected chi connectivity index (χ0v) is 14.0. The van der Waals surface area contributed by atoms with Gasteiger partial charge in [-0.05, 0) is 37.8 Å². The number of carbonyl (C=O) groups excluding carboxylic acids is 1. The number of phenolic OH excluding ortho intramolecular Hbond substituents is 1. The van der Waals surface area contributed by atoms with Gasteiger partial charge in [-0.25, -0.2) is 13.5 Å². The summed E-state index contributed by atoms with van der Waals surface area (Å²) in [5.41, 5.74) is -0.119. The van der Waals surface area contributed by atoms with Crippen LogP contribution < -0.4 is 9.62 Å². The van der Waals surface area contributed by atoms with Crippen molar-refractivity contribution in [1.29, 1.82) is 0 Å². The van der Waals surface area contributed by atoms with Gasteiger partial charge in [0.25, 0.3) is 0 Å². The molecule has 0 aliphatic rings. The molecule has 118 valence electrons. The summed E-state index contributed by atoms with van der Waals surface area (Å²) in [4.78, 5) is 12.2. The van der Waals surface area contributed by atoms with Crippen LogP contribution in [0.5, 0.6) is 5.75 Å². The molecule has 6 heteroatoms. The van der Waals surface area contributed by atoms with Gasteiger partial charge in [-0.3, -0.25) is 0 Å². The second-order valence-electron chi connectivity index (χ2n) is 7.00. The number of hydrogen-bond donors (Lipinski definition) is 3. The average Bonchev–Trinajstić information content (AvgIpc) is 2.27. The van der Waals surface area contributed by atoms with Gasteiger partial charge < -0.3 is 10.4 Å². The van der Waals surface area contributed by atoms with Crippen LogP contribution in [0, 0.1) is 11.2 Å². The lowest BCUT2D eigenvalue weighted by Crippen LogP contribution is -2.49. The molecule has 1 aromatic rings. The third-order valence-corrected chi connectivity index (χ3v) is 3.20. The first-order valence-electron chi connectivity index (χ1n) is 6.71. The first-order chi connectivity index (χ1) is 9.41. The van der Waals surface area contributed by atoms with Gasteiger partial charge in [-0.15, -0.1) is 0 Å². The van der Waals surface area contributed by atoms with Gasteiger partial charge in [0.1, 0.15) is 0 Å². The van der Waals surface area contributed by atoms with Crippen molar-refractivity contribution < 1.29 is 14.3 Å². The van der Waals surface area contributed by atoms with Gasteiger partial charge in [0.05, 0.1) is 5.69 Å². The molecule has 4 nitrogen and oxygen atoms in total. The van der Waals surface area contributed by atoms with E-state index < -0.39 is 23.1 Å². The Bertz CT molecular complexity index is 527. The molecule has 2 N–H and O–H groups in total. The number of phenols is 1. The minimum absolute atomic E-state index is 0.0584. The summed E-state index contributed by atoms with van der Waals surface area (Å²) in [5.74, 6) is -1.26. The lowest BCUT2D eigenvalue weighted by molar-refractivity contribution is 0.218. The van der Waals surface area contributed by atoms with E-state index in [9.17, 15) is 9.18 Å². The van der Waals surface area contributed by atoms with Gasteiger partial charge in [0, 0.05) is 11.6 Å². The number of anilines is 1. The first-order valence-corrected chi connectivity index (χ1v) is 7.11. The van der Waals surface area contributed by atoms with E-state index in [0.717, 1.165) is 16.8 Å². The standard InChI is InChI=1S/C15H23FN2O2S/c1-14(2,3)9-15(4,5)17-13(20)18(21)10-6-7-12(19)11(16)8-10/h6-8,19,21H,9H2,1-5H3,(H,17,20). The number of nitrogens with zero attached hydrogens (tertiary/aromatic N) is 1. The maximum atomic E-state index is 13.3. The van der Waals surface area contributed by atoms with Crippen molar-refractivity contribution in [3.05, 3.63) is 24.0 Å². The Morgan fingerprint density at radius 2 is 1.90 bits per heavy atom. The Morgan fingerprint density at radius 1 is 1.33 bits per heavy atom. The highest BCUT2D eigenvalue weighted by Gasteiger charge is 2.28. The third kappa shape index (κ3) is 5.46. The molecule has 1 aromatic carbocycles. The maximum Gasteiger partial charge on any atom is 0.332 e. The lowest BCUT2D eigenvalue weighted by Gasteiger charge is -2.34. The number of benzene rings is 1. The summed E-state index contributed by atoms with van der Waals surface area (Å²) < 4.78 is 14.3. The predicted octanol–water partition coefficient (Wildman–Crippen LogP) is 4.11. The number of urea groups is 1. The number of hydrogen-bond acceptors (Lipinski definition) is 3. The van der Waals surface area contributed by atoms with Crippen molar-refractivity contribution in [3.63, 3.8) is 0 Å². The molecule has 2 amide bonds. The normalized spacial score (nSPS) is 12.1. The number of thiol groups is 1. The highest BCUT2D eigenvalue weighted by atomic mass is 32.1. The fraction of sp³-hybridized carbons (Fsp3) is 0.533. The minimum Gasteiger partial charge on any atom is -0.505 e. The molecule has 0 aliphatic carbocycles. The van der Waals surface area contributed by atoms with E-state index >= 15 is 0 Å². The van der Waals surface area contributed by atoms with Crippen LogP contribution in [0.3, 0.4) is 0 Å². The molecule has 21 heavy (non-hydrogen) atoms. The van der Waals surface area contributed by atoms with Crippen LogP contribution in [0.4, 0.5) is 14.9 Å².